The maximum absolute atomic E-state index is 12.4. The molecule has 2 amide bonds. The van der Waals surface area contributed by atoms with Gasteiger partial charge < -0.3 is 19.5 Å². The van der Waals surface area contributed by atoms with E-state index in [0.29, 0.717) is 46.5 Å². The van der Waals surface area contributed by atoms with Crippen molar-refractivity contribution in [1.82, 2.24) is 5.43 Å². The molecule has 3 aromatic rings. The van der Waals surface area contributed by atoms with Crippen LogP contribution in [-0.2, 0) is 9.59 Å². The quantitative estimate of drug-likeness (QED) is 0.145. The highest BCUT2D eigenvalue weighted by atomic mass is 35.5. The van der Waals surface area contributed by atoms with E-state index in [1.54, 1.807) is 73.7 Å². The summed E-state index contributed by atoms with van der Waals surface area (Å²) in [5.74, 6) is -1.22. The summed E-state index contributed by atoms with van der Waals surface area (Å²) < 4.78 is 16.4. The molecule has 0 aromatic heterocycles. The van der Waals surface area contributed by atoms with Gasteiger partial charge in [0.15, 0.2) is 11.5 Å². The maximum Gasteiger partial charge on any atom is 0.343 e. The number of benzene rings is 3. The van der Waals surface area contributed by atoms with Crippen molar-refractivity contribution >= 4 is 41.3 Å². The zero-order chi connectivity index (χ0) is 25.9. The van der Waals surface area contributed by atoms with Gasteiger partial charge in [0.25, 0.3) is 0 Å². The van der Waals surface area contributed by atoms with Gasteiger partial charge in [-0.15, -0.1) is 0 Å². The van der Waals surface area contributed by atoms with E-state index in [1.165, 1.54) is 6.21 Å². The molecule has 0 aliphatic carbocycles. The lowest BCUT2D eigenvalue weighted by atomic mass is 10.2. The number of amides is 2. The number of ether oxygens (including phenoxy) is 3. The third-order valence-corrected chi connectivity index (χ3v) is 4.81. The second kappa shape index (κ2) is 12.9. The lowest BCUT2D eigenvalue weighted by Gasteiger charge is -2.11. The number of hydrazone groups is 1. The average molecular weight is 510 g/mol. The predicted octanol–water partition coefficient (Wildman–Crippen LogP) is 4.45. The van der Waals surface area contributed by atoms with Crippen molar-refractivity contribution in [3.05, 3.63) is 82.9 Å². The number of nitrogens with one attached hydrogen (secondary N) is 2. The zero-order valence-corrected chi connectivity index (χ0v) is 20.4. The van der Waals surface area contributed by atoms with Crippen LogP contribution >= 0.6 is 11.6 Å². The Balaban J connectivity index is 1.59. The van der Waals surface area contributed by atoms with Gasteiger partial charge in [-0.25, -0.2) is 10.2 Å². The molecule has 0 bridgehead atoms. The van der Waals surface area contributed by atoms with Crippen molar-refractivity contribution in [2.45, 2.75) is 13.8 Å². The van der Waals surface area contributed by atoms with Crippen LogP contribution in [0.5, 0.6) is 17.2 Å². The normalized spacial score (nSPS) is 10.5. The Morgan fingerprint density at radius 1 is 0.861 bits per heavy atom. The fourth-order valence-corrected chi connectivity index (χ4v) is 3.03. The highest BCUT2D eigenvalue weighted by Gasteiger charge is 2.15. The smallest absolute Gasteiger partial charge is 0.343 e. The van der Waals surface area contributed by atoms with Gasteiger partial charge in [0.1, 0.15) is 5.75 Å². The molecule has 3 rings (SSSR count). The summed E-state index contributed by atoms with van der Waals surface area (Å²) in [7, 11) is 0. The summed E-state index contributed by atoms with van der Waals surface area (Å²) in [5.41, 5.74) is 3.47. The molecule has 0 saturated carbocycles. The number of hydrogen-bond donors (Lipinski definition) is 2. The van der Waals surface area contributed by atoms with Crippen LogP contribution in [0, 0.1) is 0 Å². The van der Waals surface area contributed by atoms with Gasteiger partial charge in [-0.2, -0.15) is 5.10 Å². The van der Waals surface area contributed by atoms with Crippen molar-refractivity contribution < 1.29 is 28.6 Å². The lowest BCUT2D eigenvalue weighted by molar-refractivity contribution is -0.136. The summed E-state index contributed by atoms with van der Waals surface area (Å²) >= 11 is 5.85. The third kappa shape index (κ3) is 7.57. The summed E-state index contributed by atoms with van der Waals surface area (Å²) in [4.78, 5) is 36.6. The SMILES string of the molecule is CCOc1ccc(NC(=O)C(=O)N/N=C\c2ccc(OC(=O)c3ccc(Cl)cc3)c(OCC)c2)cc1. The minimum absolute atomic E-state index is 0.215. The summed E-state index contributed by atoms with van der Waals surface area (Å²) in [6.45, 7) is 4.50. The highest BCUT2D eigenvalue weighted by Crippen LogP contribution is 2.29. The molecule has 0 radical (unpaired) electrons. The van der Waals surface area contributed by atoms with E-state index in [1.807, 2.05) is 6.92 Å². The standard InChI is InChI=1S/C26H24ClN3O6/c1-3-34-21-12-10-20(11-13-21)29-24(31)25(32)30-28-16-17-5-14-22(23(15-17)35-4-2)36-26(33)18-6-8-19(27)9-7-18/h5-16H,3-4H2,1-2H3,(H,29,31)(H,30,32)/b28-16-. The lowest BCUT2D eigenvalue weighted by Crippen LogP contribution is -2.32. The van der Waals surface area contributed by atoms with Crippen molar-refractivity contribution in [1.29, 1.82) is 0 Å². The van der Waals surface area contributed by atoms with E-state index in [4.69, 9.17) is 25.8 Å². The molecule has 0 aliphatic heterocycles. The first-order valence-corrected chi connectivity index (χ1v) is 11.4. The number of carbonyl (C=O) groups excluding carboxylic acids is 3. The van der Waals surface area contributed by atoms with Crippen LogP contribution in [0.1, 0.15) is 29.8 Å². The number of anilines is 1. The van der Waals surface area contributed by atoms with Gasteiger partial charge in [-0.3, -0.25) is 9.59 Å². The van der Waals surface area contributed by atoms with Crippen molar-refractivity contribution in [3.63, 3.8) is 0 Å². The van der Waals surface area contributed by atoms with Crippen LogP contribution in [-0.4, -0.2) is 37.2 Å². The van der Waals surface area contributed by atoms with E-state index in [2.05, 4.69) is 15.8 Å². The fourth-order valence-electron chi connectivity index (χ4n) is 2.91. The summed E-state index contributed by atoms with van der Waals surface area (Å²) in [6.07, 6.45) is 1.33. The number of hydrogen-bond acceptors (Lipinski definition) is 7. The molecule has 9 nitrogen and oxygen atoms in total. The van der Waals surface area contributed by atoms with Crippen LogP contribution < -0.4 is 25.0 Å². The number of esters is 1. The Morgan fingerprint density at radius 3 is 2.22 bits per heavy atom. The van der Waals surface area contributed by atoms with Crippen LogP contribution in [0.2, 0.25) is 5.02 Å². The number of carbonyl (C=O) groups is 3. The molecule has 10 heteroatoms. The van der Waals surface area contributed by atoms with Crippen molar-refractivity contribution in [2.24, 2.45) is 5.10 Å². The largest absolute Gasteiger partial charge is 0.494 e. The topological polar surface area (TPSA) is 115 Å². The van der Waals surface area contributed by atoms with E-state index < -0.39 is 17.8 Å². The van der Waals surface area contributed by atoms with Crippen LogP contribution in [0.3, 0.4) is 0 Å². The molecule has 0 fully saturated rings. The Kier molecular flexibility index (Phi) is 9.41. The third-order valence-electron chi connectivity index (χ3n) is 4.56. The minimum Gasteiger partial charge on any atom is -0.494 e. The van der Waals surface area contributed by atoms with Crippen LogP contribution in [0.25, 0.3) is 0 Å². The van der Waals surface area contributed by atoms with Gasteiger partial charge in [0.05, 0.1) is 25.0 Å². The fraction of sp³-hybridized carbons (Fsp3) is 0.154. The average Bonchev–Trinajstić information content (AvgIpc) is 2.87. The van der Waals surface area contributed by atoms with E-state index in [-0.39, 0.29) is 5.75 Å². The molecular formula is C26H24ClN3O6. The minimum atomic E-state index is -0.946. The molecular weight excluding hydrogens is 486 g/mol. The molecule has 2 N–H and O–H groups in total. The van der Waals surface area contributed by atoms with E-state index >= 15 is 0 Å². The van der Waals surface area contributed by atoms with Crippen molar-refractivity contribution in [3.8, 4) is 17.2 Å². The van der Waals surface area contributed by atoms with Crippen LogP contribution in [0.15, 0.2) is 71.8 Å². The Morgan fingerprint density at radius 2 is 1.56 bits per heavy atom. The Hall–Kier alpha value is -4.37. The maximum atomic E-state index is 12.4. The first-order chi connectivity index (χ1) is 17.4. The molecule has 0 aliphatic rings. The monoisotopic (exact) mass is 509 g/mol. The molecule has 0 unspecified atom stereocenters. The highest BCUT2D eigenvalue weighted by molar-refractivity contribution is 6.39. The predicted molar refractivity (Wildman–Crippen MR) is 136 cm³/mol. The molecule has 0 atom stereocenters. The number of halogens is 1. The molecule has 0 spiro atoms. The number of rotatable bonds is 9. The Labute approximate surface area is 213 Å². The van der Waals surface area contributed by atoms with Crippen molar-refractivity contribution in [2.75, 3.05) is 18.5 Å². The number of nitrogens with zero attached hydrogens (tertiary/aromatic N) is 1. The molecule has 186 valence electrons. The van der Waals surface area contributed by atoms with Gasteiger partial charge in [-0.1, -0.05) is 11.6 Å². The van der Waals surface area contributed by atoms with Gasteiger partial charge in [-0.05, 0) is 86.1 Å². The van der Waals surface area contributed by atoms with Gasteiger partial charge in [0.2, 0.25) is 0 Å². The first kappa shape index (κ1) is 26.2. The molecule has 3 aromatic carbocycles. The second-order valence-electron chi connectivity index (χ2n) is 7.15. The zero-order valence-electron chi connectivity index (χ0n) is 19.6. The van der Waals surface area contributed by atoms with E-state index in [0.717, 1.165) is 0 Å². The molecule has 0 saturated heterocycles. The Bertz CT molecular complexity index is 1240. The summed E-state index contributed by atoms with van der Waals surface area (Å²) in [6, 6.07) is 17.6. The second-order valence-corrected chi connectivity index (χ2v) is 7.58. The first-order valence-electron chi connectivity index (χ1n) is 11.0. The molecule has 0 heterocycles. The van der Waals surface area contributed by atoms with Gasteiger partial charge in [0, 0.05) is 10.7 Å². The van der Waals surface area contributed by atoms with E-state index in [9.17, 15) is 14.4 Å². The van der Waals surface area contributed by atoms with Gasteiger partial charge >= 0.3 is 17.8 Å². The summed E-state index contributed by atoms with van der Waals surface area (Å²) in [5, 5.41) is 6.79. The molecule has 36 heavy (non-hydrogen) atoms. The van der Waals surface area contributed by atoms with Crippen LogP contribution in [0.4, 0.5) is 5.69 Å².